The molecular weight excluding hydrogens is 306 g/mol. The molecule has 0 saturated carbocycles. The monoisotopic (exact) mass is 321 g/mol. The summed E-state index contributed by atoms with van der Waals surface area (Å²) in [5, 5.41) is 7.39. The Morgan fingerprint density at radius 3 is 2.73 bits per heavy atom. The molecule has 1 aliphatic rings. The van der Waals surface area contributed by atoms with Gasteiger partial charge in [-0.15, -0.1) is 0 Å². The maximum Gasteiger partial charge on any atom is 0.246 e. The first-order valence-corrected chi connectivity index (χ1v) is 7.54. The van der Waals surface area contributed by atoms with Crippen LogP contribution >= 0.6 is 11.6 Å². The lowest BCUT2D eigenvalue weighted by Crippen LogP contribution is -2.33. The molecule has 1 fully saturated rings. The minimum atomic E-state index is 0.00686. The van der Waals surface area contributed by atoms with E-state index in [9.17, 15) is 4.79 Å². The molecule has 1 aromatic heterocycles. The number of halogens is 1. The summed E-state index contributed by atoms with van der Waals surface area (Å²) in [5.41, 5.74) is 0.815. The van der Waals surface area contributed by atoms with Gasteiger partial charge in [0.25, 0.3) is 0 Å². The number of nitrogens with zero attached hydrogens (tertiary/aromatic N) is 2. The predicted octanol–water partition coefficient (Wildman–Crippen LogP) is 2.43. The number of ether oxygens (including phenoxy) is 1. The summed E-state index contributed by atoms with van der Waals surface area (Å²) in [7, 11) is 0. The number of aromatic nitrogens is 2. The Hall–Kier alpha value is -1.92. The van der Waals surface area contributed by atoms with Crippen molar-refractivity contribution in [1.82, 2.24) is 15.5 Å². The summed E-state index contributed by atoms with van der Waals surface area (Å²) in [6, 6.07) is 7.16. The minimum Gasteiger partial charge on any atom is -0.381 e. The summed E-state index contributed by atoms with van der Waals surface area (Å²) in [4.78, 5) is 16.3. The van der Waals surface area contributed by atoms with Crippen LogP contribution in [0.5, 0.6) is 0 Å². The first kappa shape index (κ1) is 15.0. The zero-order valence-corrected chi connectivity index (χ0v) is 12.7. The highest BCUT2D eigenvalue weighted by Crippen LogP contribution is 2.19. The van der Waals surface area contributed by atoms with Crippen molar-refractivity contribution in [2.75, 3.05) is 13.2 Å². The summed E-state index contributed by atoms with van der Waals surface area (Å²) >= 11 is 5.84. The fourth-order valence-corrected chi connectivity index (χ4v) is 2.44. The molecule has 0 radical (unpaired) electrons. The second kappa shape index (κ2) is 6.89. The maximum atomic E-state index is 12.0. The van der Waals surface area contributed by atoms with Crippen LogP contribution in [0.4, 0.5) is 0 Å². The average Bonchev–Trinajstić information content (AvgIpc) is 3.03. The molecule has 6 nitrogen and oxygen atoms in total. The topological polar surface area (TPSA) is 77.3 Å². The van der Waals surface area contributed by atoms with Crippen LogP contribution in [0.25, 0.3) is 11.4 Å². The minimum absolute atomic E-state index is 0.00686. The Balaban J connectivity index is 1.57. The van der Waals surface area contributed by atoms with E-state index in [2.05, 4.69) is 15.5 Å². The maximum absolute atomic E-state index is 12.0. The Morgan fingerprint density at radius 1 is 1.27 bits per heavy atom. The molecule has 0 unspecified atom stereocenters. The second-order valence-electron chi connectivity index (χ2n) is 5.12. The third-order valence-corrected chi connectivity index (χ3v) is 3.83. The lowest BCUT2D eigenvalue weighted by Gasteiger charge is -2.20. The smallest absolute Gasteiger partial charge is 0.246 e. The standard InChI is InChI=1S/C15H16ClN3O3/c16-12-3-1-10(2-4-12)14-18-13(22-19-14)9-17-15(20)11-5-7-21-8-6-11/h1-4,11H,5-9H2,(H,17,20). The van der Waals surface area contributed by atoms with Crippen molar-refractivity contribution in [3.63, 3.8) is 0 Å². The molecule has 1 amide bonds. The van der Waals surface area contributed by atoms with Crippen molar-refractivity contribution in [2.24, 2.45) is 5.92 Å². The van der Waals surface area contributed by atoms with Crippen molar-refractivity contribution in [2.45, 2.75) is 19.4 Å². The third kappa shape index (κ3) is 3.64. The van der Waals surface area contributed by atoms with E-state index in [0.717, 1.165) is 18.4 Å². The van der Waals surface area contributed by atoms with Gasteiger partial charge in [0, 0.05) is 29.7 Å². The van der Waals surface area contributed by atoms with Crippen molar-refractivity contribution in [3.05, 3.63) is 35.2 Å². The number of carbonyl (C=O) groups excluding carboxylic acids is 1. The molecule has 1 N–H and O–H groups in total. The van der Waals surface area contributed by atoms with Gasteiger partial charge in [-0.1, -0.05) is 16.8 Å². The Labute approximate surface area is 132 Å². The second-order valence-corrected chi connectivity index (χ2v) is 5.56. The third-order valence-electron chi connectivity index (χ3n) is 3.58. The molecule has 3 rings (SSSR count). The number of carbonyl (C=O) groups is 1. The van der Waals surface area contributed by atoms with E-state index < -0.39 is 0 Å². The van der Waals surface area contributed by atoms with Crippen molar-refractivity contribution in [3.8, 4) is 11.4 Å². The molecule has 1 aliphatic heterocycles. The Kier molecular flexibility index (Phi) is 4.70. The molecule has 2 aromatic rings. The van der Waals surface area contributed by atoms with E-state index in [-0.39, 0.29) is 18.4 Å². The van der Waals surface area contributed by atoms with Crippen LogP contribution in [0.15, 0.2) is 28.8 Å². The molecule has 1 aromatic carbocycles. The molecule has 0 bridgehead atoms. The van der Waals surface area contributed by atoms with Gasteiger partial charge in [-0.05, 0) is 37.1 Å². The van der Waals surface area contributed by atoms with Gasteiger partial charge < -0.3 is 14.6 Å². The highest BCUT2D eigenvalue weighted by Gasteiger charge is 2.21. The first-order valence-electron chi connectivity index (χ1n) is 7.16. The largest absolute Gasteiger partial charge is 0.381 e. The number of benzene rings is 1. The summed E-state index contributed by atoms with van der Waals surface area (Å²) < 4.78 is 10.4. The van der Waals surface area contributed by atoms with Gasteiger partial charge in [0.05, 0.1) is 6.54 Å². The van der Waals surface area contributed by atoms with Crippen LogP contribution in [0.2, 0.25) is 5.02 Å². The number of rotatable bonds is 4. The number of hydrogen-bond acceptors (Lipinski definition) is 5. The average molecular weight is 322 g/mol. The highest BCUT2D eigenvalue weighted by molar-refractivity contribution is 6.30. The highest BCUT2D eigenvalue weighted by atomic mass is 35.5. The van der Waals surface area contributed by atoms with Crippen LogP contribution in [0, 0.1) is 5.92 Å². The number of hydrogen-bond donors (Lipinski definition) is 1. The van der Waals surface area contributed by atoms with Crippen LogP contribution in [0.1, 0.15) is 18.7 Å². The Morgan fingerprint density at radius 2 is 2.00 bits per heavy atom. The number of amides is 1. The molecule has 0 spiro atoms. The van der Waals surface area contributed by atoms with Crippen molar-refractivity contribution >= 4 is 17.5 Å². The van der Waals surface area contributed by atoms with Gasteiger partial charge in [0.1, 0.15) is 0 Å². The van der Waals surface area contributed by atoms with Crippen molar-refractivity contribution < 1.29 is 14.1 Å². The fourth-order valence-electron chi connectivity index (χ4n) is 2.31. The molecule has 2 heterocycles. The van der Waals surface area contributed by atoms with Gasteiger partial charge in [0.2, 0.25) is 17.6 Å². The van der Waals surface area contributed by atoms with E-state index in [1.807, 2.05) is 12.1 Å². The van der Waals surface area contributed by atoms with E-state index in [1.165, 1.54) is 0 Å². The van der Waals surface area contributed by atoms with Crippen LogP contribution in [-0.2, 0) is 16.1 Å². The zero-order valence-electron chi connectivity index (χ0n) is 11.9. The molecule has 7 heteroatoms. The summed E-state index contributed by atoms with van der Waals surface area (Å²) in [5.74, 6) is 0.874. The van der Waals surface area contributed by atoms with E-state index >= 15 is 0 Å². The van der Waals surface area contributed by atoms with Gasteiger partial charge in [0.15, 0.2) is 0 Å². The molecular formula is C15H16ClN3O3. The zero-order chi connectivity index (χ0) is 15.4. The van der Waals surface area contributed by atoms with Gasteiger partial charge in [-0.3, -0.25) is 4.79 Å². The van der Waals surface area contributed by atoms with Gasteiger partial charge in [-0.25, -0.2) is 0 Å². The molecule has 1 saturated heterocycles. The van der Waals surface area contributed by atoms with Crippen LogP contribution in [-0.4, -0.2) is 29.3 Å². The van der Waals surface area contributed by atoms with Gasteiger partial charge in [-0.2, -0.15) is 4.98 Å². The lowest BCUT2D eigenvalue weighted by atomic mass is 9.99. The predicted molar refractivity (Wildman–Crippen MR) is 80.1 cm³/mol. The van der Waals surface area contributed by atoms with Crippen LogP contribution < -0.4 is 5.32 Å². The first-order chi connectivity index (χ1) is 10.7. The van der Waals surface area contributed by atoms with Crippen molar-refractivity contribution in [1.29, 1.82) is 0 Å². The summed E-state index contributed by atoms with van der Waals surface area (Å²) in [6.07, 6.45) is 1.51. The normalized spacial score (nSPS) is 15.7. The van der Waals surface area contributed by atoms with Crippen LogP contribution in [0.3, 0.4) is 0 Å². The Bertz CT molecular complexity index is 636. The SMILES string of the molecule is O=C(NCc1nc(-c2ccc(Cl)cc2)no1)C1CCOCC1. The van der Waals surface area contributed by atoms with E-state index in [4.69, 9.17) is 20.9 Å². The van der Waals surface area contributed by atoms with E-state index in [0.29, 0.717) is 30.0 Å². The fraction of sp³-hybridized carbons (Fsp3) is 0.400. The summed E-state index contributed by atoms with van der Waals surface area (Å²) in [6.45, 7) is 1.51. The quantitative estimate of drug-likeness (QED) is 0.935. The molecule has 22 heavy (non-hydrogen) atoms. The molecule has 0 aliphatic carbocycles. The van der Waals surface area contributed by atoms with E-state index in [1.54, 1.807) is 12.1 Å². The molecule has 0 atom stereocenters. The van der Waals surface area contributed by atoms with Gasteiger partial charge >= 0.3 is 0 Å². The lowest BCUT2D eigenvalue weighted by molar-refractivity contribution is -0.128. The number of nitrogens with one attached hydrogen (secondary N) is 1. The molecule has 116 valence electrons.